The van der Waals surface area contributed by atoms with Gasteiger partial charge in [0.25, 0.3) is 0 Å². The van der Waals surface area contributed by atoms with E-state index in [1.165, 1.54) is 0 Å². The van der Waals surface area contributed by atoms with Gasteiger partial charge in [0, 0.05) is 31.5 Å². The van der Waals surface area contributed by atoms with Crippen molar-refractivity contribution in [1.29, 1.82) is 0 Å². The molecule has 0 aliphatic rings. The summed E-state index contributed by atoms with van der Waals surface area (Å²) < 4.78 is 7.23. The first kappa shape index (κ1) is 15.7. The van der Waals surface area contributed by atoms with E-state index in [1.807, 2.05) is 39.4 Å². The zero-order valence-corrected chi connectivity index (χ0v) is 12.6. The molecule has 5 heteroatoms. The molecule has 19 heavy (non-hydrogen) atoms. The number of nitrogens with one attached hydrogen (secondary N) is 1. The molecule has 1 N–H and O–H groups in total. The summed E-state index contributed by atoms with van der Waals surface area (Å²) in [7, 11) is 1.90. The van der Waals surface area contributed by atoms with E-state index in [0.717, 1.165) is 23.4 Å². The molecular formula is C14H25N3O2. The number of amides is 1. The summed E-state index contributed by atoms with van der Waals surface area (Å²) in [6.45, 7) is 9.27. The number of hydrogen-bond acceptors (Lipinski definition) is 3. The van der Waals surface area contributed by atoms with E-state index in [4.69, 9.17) is 4.74 Å². The predicted octanol–water partition coefficient (Wildman–Crippen LogP) is 1.51. The first-order valence-electron chi connectivity index (χ1n) is 6.79. The van der Waals surface area contributed by atoms with Crippen LogP contribution in [0, 0.1) is 13.8 Å². The summed E-state index contributed by atoms with van der Waals surface area (Å²) in [5.74, 6) is 0.0451. The summed E-state index contributed by atoms with van der Waals surface area (Å²) >= 11 is 0. The Morgan fingerprint density at radius 1 is 1.42 bits per heavy atom. The van der Waals surface area contributed by atoms with E-state index in [-0.39, 0.29) is 12.0 Å². The normalized spacial score (nSPS) is 11.1. The topological polar surface area (TPSA) is 56.2 Å². The van der Waals surface area contributed by atoms with Crippen molar-refractivity contribution in [2.75, 3.05) is 13.2 Å². The molecule has 0 aromatic carbocycles. The van der Waals surface area contributed by atoms with Gasteiger partial charge in [-0.2, -0.15) is 5.10 Å². The highest BCUT2D eigenvalue weighted by molar-refractivity contribution is 5.79. The van der Waals surface area contributed by atoms with Gasteiger partial charge in [0.2, 0.25) is 5.91 Å². The largest absolute Gasteiger partial charge is 0.379 e. The standard InChI is InChI=1S/C14H25N3O2/c1-10(2)19-8-6-7-15-14(18)9-13-11(3)16-17(5)12(13)4/h10H,6-9H2,1-5H3,(H,15,18). The molecule has 0 bridgehead atoms. The van der Waals surface area contributed by atoms with E-state index in [9.17, 15) is 4.79 Å². The van der Waals surface area contributed by atoms with Crippen LogP contribution >= 0.6 is 0 Å². The molecule has 0 atom stereocenters. The van der Waals surface area contributed by atoms with Crippen molar-refractivity contribution in [3.05, 3.63) is 17.0 Å². The average molecular weight is 267 g/mol. The van der Waals surface area contributed by atoms with Crippen molar-refractivity contribution in [1.82, 2.24) is 15.1 Å². The molecule has 0 fully saturated rings. The molecule has 0 saturated heterocycles. The first-order chi connectivity index (χ1) is 8.91. The second-order valence-electron chi connectivity index (χ2n) is 5.07. The molecule has 0 unspecified atom stereocenters. The highest BCUT2D eigenvalue weighted by Crippen LogP contribution is 2.12. The average Bonchev–Trinajstić information content (AvgIpc) is 2.55. The van der Waals surface area contributed by atoms with Crippen LogP contribution in [-0.2, 0) is 23.0 Å². The van der Waals surface area contributed by atoms with E-state index in [2.05, 4.69) is 10.4 Å². The minimum atomic E-state index is 0.0451. The Morgan fingerprint density at radius 3 is 2.63 bits per heavy atom. The van der Waals surface area contributed by atoms with Gasteiger partial charge < -0.3 is 10.1 Å². The maximum absolute atomic E-state index is 11.8. The molecule has 108 valence electrons. The summed E-state index contributed by atoms with van der Waals surface area (Å²) in [6, 6.07) is 0. The van der Waals surface area contributed by atoms with Gasteiger partial charge >= 0.3 is 0 Å². The summed E-state index contributed by atoms with van der Waals surface area (Å²) in [5.41, 5.74) is 3.01. The number of ether oxygens (including phenoxy) is 1. The van der Waals surface area contributed by atoms with Gasteiger partial charge in [0.1, 0.15) is 0 Å². The van der Waals surface area contributed by atoms with Gasteiger partial charge in [0.05, 0.1) is 18.2 Å². The van der Waals surface area contributed by atoms with E-state index in [1.54, 1.807) is 0 Å². The Labute approximate surface area is 115 Å². The molecule has 0 saturated carbocycles. The number of hydrogen-bond donors (Lipinski definition) is 1. The Kier molecular flexibility index (Phi) is 6.02. The molecule has 0 aliphatic carbocycles. The quantitative estimate of drug-likeness (QED) is 0.762. The number of rotatable bonds is 7. The molecule has 1 aromatic heterocycles. The lowest BCUT2D eigenvalue weighted by Crippen LogP contribution is -2.27. The fourth-order valence-electron chi connectivity index (χ4n) is 1.92. The van der Waals surface area contributed by atoms with E-state index in [0.29, 0.717) is 19.6 Å². The van der Waals surface area contributed by atoms with Crippen molar-refractivity contribution in [2.24, 2.45) is 7.05 Å². The molecule has 1 rings (SSSR count). The van der Waals surface area contributed by atoms with Crippen LogP contribution in [-0.4, -0.2) is 34.9 Å². The SMILES string of the molecule is Cc1nn(C)c(C)c1CC(=O)NCCCOC(C)C. The molecule has 1 amide bonds. The van der Waals surface area contributed by atoms with Crippen molar-refractivity contribution < 1.29 is 9.53 Å². The third-order valence-corrected chi connectivity index (χ3v) is 3.09. The maximum Gasteiger partial charge on any atom is 0.224 e. The van der Waals surface area contributed by atoms with Crippen LogP contribution in [0.5, 0.6) is 0 Å². The molecule has 0 spiro atoms. The Hall–Kier alpha value is -1.36. The molecule has 1 heterocycles. The fraction of sp³-hybridized carbons (Fsp3) is 0.714. The Bertz CT molecular complexity index is 425. The minimum Gasteiger partial charge on any atom is -0.379 e. The number of carbonyl (C=O) groups excluding carboxylic acids is 1. The van der Waals surface area contributed by atoms with Crippen LogP contribution in [0.2, 0.25) is 0 Å². The molecular weight excluding hydrogens is 242 g/mol. The maximum atomic E-state index is 11.8. The van der Waals surface area contributed by atoms with Gasteiger partial charge in [-0.15, -0.1) is 0 Å². The number of nitrogens with zero attached hydrogens (tertiary/aromatic N) is 2. The van der Waals surface area contributed by atoms with Gasteiger partial charge in [0.15, 0.2) is 0 Å². The minimum absolute atomic E-state index is 0.0451. The van der Waals surface area contributed by atoms with Gasteiger partial charge in [-0.3, -0.25) is 9.48 Å². The van der Waals surface area contributed by atoms with E-state index >= 15 is 0 Å². The van der Waals surface area contributed by atoms with Gasteiger partial charge in [-0.25, -0.2) is 0 Å². The monoisotopic (exact) mass is 267 g/mol. The third-order valence-electron chi connectivity index (χ3n) is 3.09. The second kappa shape index (κ2) is 7.28. The van der Waals surface area contributed by atoms with Crippen LogP contribution in [0.3, 0.4) is 0 Å². The highest BCUT2D eigenvalue weighted by Gasteiger charge is 2.12. The molecule has 0 aliphatic heterocycles. The summed E-state index contributed by atoms with van der Waals surface area (Å²) in [5, 5.41) is 7.22. The lowest BCUT2D eigenvalue weighted by atomic mass is 10.1. The number of aryl methyl sites for hydroxylation is 2. The van der Waals surface area contributed by atoms with E-state index < -0.39 is 0 Å². The zero-order chi connectivity index (χ0) is 14.4. The van der Waals surface area contributed by atoms with Crippen LogP contribution < -0.4 is 5.32 Å². The van der Waals surface area contributed by atoms with Crippen LogP contribution in [0.4, 0.5) is 0 Å². The van der Waals surface area contributed by atoms with Crippen LogP contribution in [0.1, 0.15) is 37.2 Å². The van der Waals surface area contributed by atoms with Crippen molar-refractivity contribution in [3.63, 3.8) is 0 Å². The summed E-state index contributed by atoms with van der Waals surface area (Å²) in [6.07, 6.45) is 1.49. The second-order valence-corrected chi connectivity index (χ2v) is 5.07. The van der Waals surface area contributed by atoms with Crippen molar-refractivity contribution in [3.8, 4) is 0 Å². The lowest BCUT2D eigenvalue weighted by molar-refractivity contribution is -0.120. The van der Waals surface area contributed by atoms with Crippen molar-refractivity contribution in [2.45, 2.75) is 46.6 Å². The van der Waals surface area contributed by atoms with Gasteiger partial charge in [-0.1, -0.05) is 0 Å². The third kappa shape index (κ3) is 5.03. The number of aromatic nitrogens is 2. The molecule has 0 radical (unpaired) electrons. The Morgan fingerprint density at radius 2 is 2.11 bits per heavy atom. The predicted molar refractivity (Wildman–Crippen MR) is 75.1 cm³/mol. The van der Waals surface area contributed by atoms with Crippen molar-refractivity contribution >= 4 is 5.91 Å². The zero-order valence-electron chi connectivity index (χ0n) is 12.6. The summed E-state index contributed by atoms with van der Waals surface area (Å²) in [4.78, 5) is 11.8. The fourth-order valence-corrected chi connectivity index (χ4v) is 1.92. The van der Waals surface area contributed by atoms with Crippen LogP contribution in [0.15, 0.2) is 0 Å². The number of carbonyl (C=O) groups is 1. The van der Waals surface area contributed by atoms with Crippen LogP contribution in [0.25, 0.3) is 0 Å². The van der Waals surface area contributed by atoms with Gasteiger partial charge in [-0.05, 0) is 34.1 Å². The molecule has 1 aromatic rings. The smallest absolute Gasteiger partial charge is 0.224 e. The molecule has 5 nitrogen and oxygen atoms in total. The first-order valence-corrected chi connectivity index (χ1v) is 6.79. The lowest BCUT2D eigenvalue weighted by Gasteiger charge is -2.08. The highest BCUT2D eigenvalue weighted by atomic mass is 16.5. The Balaban J connectivity index is 2.31.